The molecular weight excluding hydrogens is 413 g/mol. The molecule has 1 aromatic carbocycles. The number of benzene rings is 1. The van der Waals surface area contributed by atoms with Crippen LogP contribution in [0.3, 0.4) is 0 Å². The quantitative estimate of drug-likeness (QED) is 0.418. The molecule has 0 aliphatic heterocycles. The number of hydrogen-bond acceptors (Lipinski definition) is 3. The van der Waals surface area contributed by atoms with Crippen molar-refractivity contribution in [2.24, 2.45) is 4.99 Å². The fraction of sp³-hybridized carbons (Fsp3) is 0.533. The maximum Gasteiger partial charge on any atom is 0.193 e. The Labute approximate surface area is 151 Å². The van der Waals surface area contributed by atoms with Crippen LogP contribution in [0.1, 0.15) is 18.1 Å². The lowest BCUT2D eigenvalue weighted by Gasteiger charge is -2.22. The van der Waals surface area contributed by atoms with Crippen molar-refractivity contribution in [2.75, 3.05) is 32.6 Å². The SMILES string of the molecule is CCc1ccc(CN(C)C(=NC)NCCS(C)(=O)=O)cc1.I. The zero-order valence-corrected chi connectivity index (χ0v) is 16.8. The van der Waals surface area contributed by atoms with Crippen LogP contribution in [0.15, 0.2) is 29.3 Å². The van der Waals surface area contributed by atoms with Crippen molar-refractivity contribution in [3.63, 3.8) is 0 Å². The molecule has 0 atom stereocenters. The summed E-state index contributed by atoms with van der Waals surface area (Å²) in [4.78, 5) is 6.15. The van der Waals surface area contributed by atoms with Gasteiger partial charge in [0.25, 0.3) is 0 Å². The number of halogens is 1. The lowest BCUT2D eigenvalue weighted by atomic mass is 10.1. The summed E-state index contributed by atoms with van der Waals surface area (Å²) in [6, 6.07) is 8.48. The van der Waals surface area contributed by atoms with E-state index in [1.54, 1.807) is 7.05 Å². The molecule has 0 saturated heterocycles. The van der Waals surface area contributed by atoms with Gasteiger partial charge in [-0.15, -0.1) is 24.0 Å². The number of hydrogen-bond donors (Lipinski definition) is 1. The molecule has 1 rings (SSSR count). The summed E-state index contributed by atoms with van der Waals surface area (Å²) in [5.74, 6) is 0.795. The highest BCUT2D eigenvalue weighted by Gasteiger charge is 2.08. The summed E-state index contributed by atoms with van der Waals surface area (Å²) < 4.78 is 22.3. The van der Waals surface area contributed by atoms with Crippen LogP contribution in [-0.2, 0) is 22.8 Å². The van der Waals surface area contributed by atoms with Gasteiger partial charge in [0.2, 0.25) is 0 Å². The Bertz CT molecular complexity index is 571. The second-order valence-electron chi connectivity index (χ2n) is 5.13. The lowest BCUT2D eigenvalue weighted by Crippen LogP contribution is -2.40. The van der Waals surface area contributed by atoms with Gasteiger partial charge in [-0.3, -0.25) is 4.99 Å². The standard InChI is InChI=1S/C15H25N3O2S.HI/c1-5-13-6-8-14(9-7-13)12-18(3)15(16-2)17-10-11-21(4,19)20;/h6-9H,5,10-12H2,1-4H3,(H,16,17);1H. The number of nitrogens with zero attached hydrogens (tertiary/aromatic N) is 2. The van der Waals surface area contributed by atoms with E-state index in [2.05, 4.69) is 41.5 Å². The van der Waals surface area contributed by atoms with Crippen LogP contribution in [-0.4, -0.2) is 51.9 Å². The van der Waals surface area contributed by atoms with Gasteiger partial charge in [-0.05, 0) is 17.5 Å². The fourth-order valence-electron chi connectivity index (χ4n) is 1.96. The smallest absolute Gasteiger partial charge is 0.193 e. The topological polar surface area (TPSA) is 61.8 Å². The van der Waals surface area contributed by atoms with E-state index in [-0.39, 0.29) is 29.7 Å². The van der Waals surface area contributed by atoms with Crippen molar-refractivity contribution in [1.82, 2.24) is 10.2 Å². The van der Waals surface area contributed by atoms with Crippen LogP contribution in [0.4, 0.5) is 0 Å². The first-order valence-corrected chi connectivity index (χ1v) is 9.09. The van der Waals surface area contributed by atoms with Gasteiger partial charge in [0.1, 0.15) is 9.84 Å². The van der Waals surface area contributed by atoms with Gasteiger partial charge in [0, 0.05) is 33.4 Å². The monoisotopic (exact) mass is 439 g/mol. The number of aryl methyl sites for hydroxylation is 1. The summed E-state index contributed by atoms with van der Waals surface area (Å²) in [6.45, 7) is 3.22. The van der Waals surface area contributed by atoms with Gasteiger partial charge in [0.15, 0.2) is 5.96 Å². The summed E-state index contributed by atoms with van der Waals surface area (Å²) in [5.41, 5.74) is 2.51. The third-order valence-electron chi connectivity index (χ3n) is 3.18. The first-order chi connectivity index (χ1) is 9.85. The molecule has 0 aliphatic rings. The van der Waals surface area contributed by atoms with E-state index >= 15 is 0 Å². The third kappa shape index (κ3) is 7.98. The van der Waals surface area contributed by atoms with E-state index in [0.717, 1.165) is 13.0 Å². The molecule has 0 aliphatic carbocycles. The predicted octanol–water partition coefficient (Wildman–Crippen LogP) is 1.92. The molecule has 0 unspecified atom stereocenters. The van der Waals surface area contributed by atoms with E-state index in [9.17, 15) is 8.42 Å². The van der Waals surface area contributed by atoms with Gasteiger partial charge >= 0.3 is 0 Å². The normalized spacial score (nSPS) is 11.7. The molecule has 0 amide bonds. The minimum absolute atomic E-state index is 0. The Morgan fingerprint density at radius 3 is 2.23 bits per heavy atom. The summed E-state index contributed by atoms with van der Waals surface area (Å²) in [5, 5.41) is 3.07. The van der Waals surface area contributed by atoms with Crippen LogP contribution in [0.2, 0.25) is 0 Å². The van der Waals surface area contributed by atoms with Crippen LogP contribution in [0, 0.1) is 0 Å². The minimum Gasteiger partial charge on any atom is -0.355 e. The summed E-state index contributed by atoms with van der Waals surface area (Å²) in [7, 11) is 0.672. The van der Waals surface area contributed by atoms with Gasteiger partial charge < -0.3 is 10.2 Å². The highest BCUT2D eigenvalue weighted by atomic mass is 127. The van der Waals surface area contributed by atoms with Crippen LogP contribution >= 0.6 is 24.0 Å². The van der Waals surface area contributed by atoms with Crippen LogP contribution in [0.25, 0.3) is 0 Å². The van der Waals surface area contributed by atoms with Crippen LogP contribution < -0.4 is 5.32 Å². The van der Waals surface area contributed by atoms with Gasteiger partial charge in [-0.1, -0.05) is 31.2 Å². The van der Waals surface area contributed by atoms with Gasteiger partial charge in [-0.2, -0.15) is 0 Å². The van der Waals surface area contributed by atoms with Crippen LogP contribution in [0.5, 0.6) is 0 Å². The summed E-state index contributed by atoms with van der Waals surface area (Å²) >= 11 is 0. The predicted molar refractivity (Wildman–Crippen MR) is 104 cm³/mol. The Morgan fingerprint density at radius 1 is 1.23 bits per heavy atom. The van der Waals surface area contributed by atoms with Gasteiger partial charge in [0.05, 0.1) is 5.75 Å². The Balaban J connectivity index is 0.00000441. The maximum atomic E-state index is 11.1. The van der Waals surface area contributed by atoms with Crippen molar-refractivity contribution in [1.29, 1.82) is 0 Å². The molecule has 5 nitrogen and oxygen atoms in total. The third-order valence-corrected chi connectivity index (χ3v) is 4.13. The first-order valence-electron chi connectivity index (χ1n) is 7.03. The average molecular weight is 439 g/mol. The molecule has 0 fully saturated rings. The zero-order chi connectivity index (χ0) is 15.9. The second-order valence-corrected chi connectivity index (χ2v) is 7.39. The fourth-order valence-corrected chi connectivity index (χ4v) is 2.43. The average Bonchev–Trinajstić information content (AvgIpc) is 2.43. The lowest BCUT2D eigenvalue weighted by molar-refractivity contribution is 0.478. The van der Waals surface area contributed by atoms with E-state index in [1.807, 2.05) is 11.9 Å². The largest absolute Gasteiger partial charge is 0.355 e. The Kier molecular flexibility index (Phi) is 9.66. The maximum absolute atomic E-state index is 11.1. The highest BCUT2D eigenvalue weighted by Crippen LogP contribution is 2.07. The van der Waals surface area contributed by atoms with E-state index in [0.29, 0.717) is 12.5 Å². The molecule has 1 N–H and O–H groups in total. The van der Waals surface area contributed by atoms with Gasteiger partial charge in [-0.25, -0.2) is 8.42 Å². The molecule has 22 heavy (non-hydrogen) atoms. The van der Waals surface area contributed by atoms with Crippen molar-refractivity contribution in [2.45, 2.75) is 19.9 Å². The molecule has 0 spiro atoms. The summed E-state index contributed by atoms with van der Waals surface area (Å²) in [6.07, 6.45) is 2.27. The molecular formula is C15H26IN3O2S. The highest BCUT2D eigenvalue weighted by molar-refractivity contribution is 14.0. The van der Waals surface area contributed by atoms with E-state index < -0.39 is 9.84 Å². The Hall–Kier alpha value is -0.830. The van der Waals surface area contributed by atoms with E-state index in [1.165, 1.54) is 17.4 Å². The molecule has 0 bridgehead atoms. The molecule has 0 aromatic heterocycles. The number of guanidine groups is 1. The molecule has 0 heterocycles. The second kappa shape index (κ2) is 10.0. The first kappa shape index (κ1) is 21.2. The molecule has 0 saturated carbocycles. The molecule has 7 heteroatoms. The number of rotatable bonds is 6. The van der Waals surface area contributed by atoms with Crippen molar-refractivity contribution >= 4 is 39.8 Å². The van der Waals surface area contributed by atoms with Crippen molar-refractivity contribution < 1.29 is 8.42 Å². The number of nitrogens with one attached hydrogen (secondary N) is 1. The zero-order valence-electron chi connectivity index (χ0n) is 13.7. The minimum atomic E-state index is -2.96. The number of sulfone groups is 1. The van der Waals surface area contributed by atoms with Crippen molar-refractivity contribution in [3.8, 4) is 0 Å². The molecule has 126 valence electrons. The van der Waals surface area contributed by atoms with E-state index in [4.69, 9.17) is 0 Å². The Morgan fingerprint density at radius 2 is 1.77 bits per heavy atom. The molecule has 0 radical (unpaired) electrons. The van der Waals surface area contributed by atoms with Crippen molar-refractivity contribution in [3.05, 3.63) is 35.4 Å². The number of aliphatic imine (C=N–C) groups is 1. The molecule has 1 aromatic rings.